The fraction of sp³-hybridized carbons (Fsp3) is 0.843. The summed E-state index contributed by atoms with van der Waals surface area (Å²) in [5, 5.41) is 12.1. The van der Waals surface area contributed by atoms with E-state index in [0.717, 1.165) is 89.2 Å². The summed E-state index contributed by atoms with van der Waals surface area (Å²) in [4.78, 5) is 62.3. The molecule has 11 heteroatoms. The van der Waals surface area contributed by atoms with Gasteiger partial charge in [-0.15, -0.1) is 0 Å². The molecule has 0 aliphatic heterocycles. The molecule has 2 aliphatic carbocycles. The average molecular weight is 881 g/mol. The van der Waals surface area contributed by atoms with Crippen LogP contribution < -0.4 is 27.8 Å². The predicted molar refractivity (Wildman–Crippen MR) is 267 cm³/mol. The number of nitrogens with one attached hydrogen (secondary N) is 3. The Hall–Kier alpha value is -2.92. The molecule has 2 aliphatic rings. The molecule has 62 heavy (non-hydrogen) atoms. The minimum atomic E-state index is -0.657. The number of hydrogen-bond acceptors (Lipinski definition) is 8. The van der Waals surface area contributed by atoms with Crippen molar-refractivity contribution < 1.29 is 24.0 Å². The van der Waals surface area contributed by atoms with Gasteiger partial charge in [-0.05, 0) is 90.5 Å². The Kier molecular flexibility index (Phi) is 47.6. The highest BCUT2D eigenvalue weighted by Crippen LogP contribution is 2.29. The molecule has 0 bridgehead atoms. The zero-order chi connectivity index (χ0) is 45.2. The molecule has 11 nitrogen and oxygen atoms in total. The van der Waals surface area contributed by atoms with Crippen molar-refractivity contribution in [1.82, 2.24) is 10.6 Å². The molecule has 2 rings (SSSR count). The van der Waals surface area contributed by atoms with Gasteiger partial charge in [-0.25, -0.2) is 0 Å². The Morgan fingerprint density at radius 2 is 1.08 bits per heavy atom. The van der Waals surface area contributed by atoms with E-state index in [4.69, 9.17) is 22.6 Å². The number of Topliss-reactive ketones (excluding diaryl/α,β-unsaturated/α-hetero) is 3. The third-order valence-electron chi connectivity index (χ3n) is 11.5. The van der Waals surface area contributed by atoms with E-state index in [9.17, 15) is 24.0 Å². The first-order chi connectivity index (χ1) is 28.1. The highest BCUT2D eigenvalue weighted by atomic mass is 16.2. The van der Waals surface area contributed by atoms with Crippen molar-refractivity contribution in [3.63, 3.8) is 0 Å². The van der Waals surface area contributed by atoms with Crippen molar-refractivity contribution >= 4 is 35.0 Å². The van der Waals surface area contributed by atoms with E-state index in [-0.39, 0.29) is 75.7 Å². The van der Waals surface area contributed by atoms with Crippen LogP contribution in [0.3, 0.4) is 0 Å². The van der Waals surface area contributed by atoms with Crippen molar-refractivity contribution in [3.8, 4) is 0 Å². The van der Waals surface area contributed by atoms with E-state index in [2.05, 4.69) is 31.1 Å². The van der Waals surface area contributed by atoms with E-state index in [1.807, 2.05) is 20.8 Å². The van der Waals surface area contributed by atoms with Crippen molar-refractivity contribution in [2.24, 2.45) is 40.9 Å². The number of ketones is 3. The normalized spacial score (nSPS) is 16.1. The molecule has 0 heterocycles. The standard InChI is InChI=1S/C25H44N2O4.C19H36N2O.C2H6N2.C2H6.3CH4/c1-5-7-14-21(16-18(3)28)24(30)27-23(17-20-12-10-9-11-13-20)25(31)26-22(19(4)29)15-8-6-2;1-15(2)17(11-7-8-12-20)14-19(22)18(21)13-16-9-5-3-4-6-10-16;1-2(3)4;1-2;;;/h20-23H,5-17H2,1-4H3,(H,26,31)(H,27,30);16-18H,1,3-14,20-21H2,2H3;1H3,(H3,3,4);1-2H3;3*1H4. The van der Waals surface area contributed by atoms with Gasteiger partial charge in [0.2, 0.25) is 11.8 Å². The minimum Gasteiger partial charge on any atom is -0.388 e. The second-order valence-electron chi connectivity index (χ2n) is 17.2. The fourth-order valence-electron chi connectivity index (χ4n) is 8.00. The molecule has 5 atom stereocenters. The van der Waals surface area contributed by atoms with Gasteiger partial charge in [-0.2, -0.15) is 0 Å². The molecular weight excluding hydrogens is 777 g/mol. The van der Waals surface area contributed by atoms with Gasteiger partial charge in [0.1, 0.15) is 17.6 Å². The van der Waals surface area contributed by atoms with Crippen LogP contribution in [0.1, 0.15) is 232 Å². The van der Waals surface area contributed by atoms with Crippen LogP contribution in [0.2, 0.25) is 0 Å². The van der Waals surface area contributed by atoms with Gasteiger partial charge in [0, 0.05) is 18.8 Å². The molecule has 2 fully saturated rings. The number of nitrogens with two attached hydrogens (primary N) is 3. The second kappa shape index (κ2) is 43.3. The van der Waals surface area contributed by atoms with Crippen molar-refractivity contribution in [3.05, 3.63) is 12.2 Å². The lowest BCUT2D eigenvalue weighted by Crippen LogP contribution is -2.53. The summed E-state index contributed by atoms with van der Waals surface area (Å²) in [6.07, 6.45) is 23.7. The third-order valence-corrected chi connectivity index (χ3v) is 11.5. The molecule has 9 N–H and O–H groups in total. The highest BCUT2D eigenvalue weighted by molar-refractivity contribution is 5.93. The summed E-state index contributed by atoms with van der Waals surface area (Å²) >= 11 is 0. The maximum Gasteiger partial charge on any atom is 0.243 e. The smallest absolute Gasteiger partial charge is 0.243 e. The van der Waals surface area contributed by atoms with Gasteiger partial charge < -0.3 is 32.6 Å². The predicted octanol–water partition coefficient (Wildman–Crippen LogP) is 11.3. The number of rotatable bonds is 25. The van der Waals surface area contributed by atoms with Crippen LogP contribution in [0.5, 0.6) is 0 Å². The van der Waals surface area contributed by atoms with E-state index in [1.165, 1.54) is 65.7 Å². The molecule has 0 aromatic carbocycles. The van der Waals surface area contributed by atoms with Gasteiger partial charge in [-0.1, -0.05) is 165 Å². The Morgan fingerprint density at radius 1 is 0.645 bits per heavy atom. The zero-order valence-electron chi connectivity index (χ0n) is 39.2. The van der Waals surface area contributed by atoms with Crippen LogP contribution in [0.4, 0.5) is 0 Å². The molecule has 5 unspecified atom stereocenters. The monoisotopic (exact) mass is 881 g/mol. The molecular formula is C51H104N6O5. The Bertz CT molecular complexity index is 1180. The van der Waals surface area contributed by atoms with E-state index >= 15 is 0 Å². The Morgan fingerprint density at radius 3 is 1.52 bits per heavy atom. The number of amides is 2. The van der Waals surface area contributed by atoms with Crippen molar-refractivity contribution in [2.75, 3.05) is 6.54 Å². The Labute approximate surface area is 383 Å². The number of hydrogen-bond donors (Lipinski definition) is 6. The first-order valence-electron chi connectivity index (χ1n) is 23.6. The van der Waals surface area contributed by atoms with Gasteiger partial charge in [0.25, 0.3) is 0 Å². The number of unbranched alkanes of at least 4 members (excludes halogenated alkanes) is 3. The largest absolute Gasteiger partial charge is 0.388 e. The molecule has 2 saturated carbocycles. The van der Waals surface area contributed by atoms with Gasteiger partial charge in [0.15, 0.2) is 5.78 Å². The fourth-order valence-corrected chi connectivity index (χ4v) is 8.00. The van der Waals surface area contributed by atoms with Crippen molar-refractivity contribution in [1.29, 1.82) is 5.41 Å². The number of allylic oxidation sites excluding steroid dienone is 1. The van der Waals surface area contributed by atoms with Gasteiger partial charge in [0.05, 0.1) is 17.9 Å². The third kappa shape index (κ3) is 35.5. The molecule has 0 radical (unpaired) electrons. The van der Waals surface area contributed by atoms with Crippen LogP contribution in [0.15, 0.2) is 12.2 Å². The van der Waals surface area contributed by atoms with Crippen LogP contribution in [0.25, 0.3) is 0 Å². The molecule has 368 valence electrons. The molecule has 2 amide bonds. The lowest BCUT2D eigenvalue weighted by Gasteiger charge is -2.29. The lowest BCUT2D eigenvalue weighted by molar-refractivity contribution is -0.134. The number of carbonyl (C=O) groups excluding carboxylic acids is 5. The molecule has 0 aromatic heterocycles. The summed E-state index contributed by atoms with van der Waals surface area (Å²) in [7, 11) is 0. The van der Waals surface area contributed by atoms with Crippen molar-refractivity contribution in [2.45, 2.75) is 250 Å². The summed E-state index contributed by atoms with van der Waals surface area (Å²) in [5.74, 6) is 0.773. The number of amidine groups is 1. The first-order valence-corrected chi connectivity index (χ1v) is 23.6. The first kappa shape index (κ1) is 68.1. The highest BCUT2D eigenvalue weighted by Gasteiger charge is 2.31. The zero-order valence-corrected chi connectivity index (χ0v) is 39.2. The second-order valence-corrected chi connectivity index (χ2v) is 17.2. The topological polar surface area (TPSA) is 211 Å². The quantitative estimate of drug-likeness (QED) is 0.0170. The van der Waals surface area contributed by atoms with Gasteiger partial charge in [-0.3, -0.25) is 24.6 Å². The average Bonchev–Trinajstić information content (AvgIpc) is 3.46. The van der Waals surface area contributed by atoms with Crippen LogP contribution in [-0.2, 0) is 24.0 Å². The Balaban J connectivity index is -0.000000307. The maximum absolute atomic E-state index is 13.1. The summed E-state index contributed by atoms with van der Waals surface area (Å²) in [5.41, 5.74) is 17.5. The molecule has 0 aromatic rings. The minimum absolute atomic E-state index is 0. The number of carbonyl (C=O) groups is 5. The van der Waals surface area contributed by atoms with Gasteiger partial charge >= 0.3 is 0 Å². The van der Waals surface area contributed by atoms with Crippen LogP contribution in [0, 0.1) is 29.1 Å². The van der Waals surface area contributed by atoms with E-state index in [0.29, 0.717) is 37.5 Å². The maximum atomic E-state index is 13.1. The summed E-state index contributed by atoms with van der Waals surface area (Å²) < 4.78 is 0. The SMILES string of the molecule is C.C.C.C=C(C)C(CCCCN)CC(=O)C(N)CC1CCCCCC1.CC.CC(=N)N.CCCCC(CC(C)=O)C(=O)NC(CC1CCCCC1)C(=O)NC(CCCC)C(C)=O. The molecule has 0 spiro atoms. The van der Waals surface area contributed by atoms with Crippen LogP contribution in [-0.4, -0.2) is 59.7 Å². The summed E-state index contributed by atoms with van der Waals surface area (Å²) in [6.45, 7) is 19.4. The van der Waals surface area contributed by atoms with Crippen LogP contribution >= 0.6 is 0 Å². The molecule has 0 saturated heterocycles. The lowest BCUT2D eigenvalue weighted by atomic mass is 9.84. The van der Waals surface area contributed by atoms with E-state index < -0.39 is 18.0 Å². The summed E-state index contributed by atoms with van der Waals surface area (Å²) in [6, 6.07) is -1.44. The van der Waals surface area contributed by atoms with E-state index in [1.54, 1.807) is 0 Å².